The fourth-order valence-electron chi connectivity index (χ4n) is 2.34. The van der Waals surface area contributed by atoms with Gasteiger partial charge in [0.15, 0.2) is 17.5 Å². The van der Waals surface area contributed by atoms with E-state index < -0.39 is 11.6 Å². The molecular weight excluding hydrogens is 274 g/mol. The molecule has 1 heterocycles. The van der Waals surface area contributed by atoms with Crippen LogP contribution in [0.15, 0.2) is 18.2 Å². The molecule has 0 fully saturated rings. The van der Waals surface area contributed by atoms with Gasteiger partial charge in [0.05, 0.1) is 6.61 Å². The topological polar surface area (TPSA) is 34.2 Å². The molecule has 3 nitrogen and oxygen atoms in total. The number of halogens is 2. The highest BCUT2D eigenvalue weighted by Gasteiger charge is 2.20. The normalized spacial score (nSPS) is 21.3. The summed E-state index contributed by atoms with van der Waals surface area (Å²) in [6.07, 6.45) is 7.05. The van der Waals surface area contributed by atoms with E-state index in [9.17, 15) is 8.78 Å². The number of nitrogens with one attached hydrogen (secondary N) is 1. The maximum absolute atomic E-state index is 13.7. The summed E-state index contributed by atoms with van der Waals surface area (Å²) in [5.74, 6) is -0.693. The van der Waals surface area contributed by atoms with E-state index in [0.29, 0.717) is 25.0 Å². The molecule has 0 saturated heterocycles. The zero-order valence-corrected chi connectivity index (χ0v) is 12.5. The van der Waals surface area contributed by atoms with Crippen LogP contribution >= 0.6 is 0 Å². The maximum atomic E-state index is 13.7. The fraction of sp³-hybridized carbons (Fsp3) is 0.562. The smallest absolute Gasteiger partial charge is 0.252 e. The minimum absolute atomic E-state index is 0.0461. The molecule has 5 heteroatoms. The van der Waals surface area contributed by atoms with Gasteiger partial charge in [-0.2, -0.15) is 4.98 Å². The van der Waals surface area contributed by atoms with E-state index in [4.69, 9.17) is 4.74 Å². The molecule has 116 valence electrons. The molecular formula is C16H22F2N2O. The van der Waals surface area contributed by atoms with Crippen molar-refractivity contribution in [2.75, 3.05) is 18.5 Å². The summed E-state index contributed by atoms with van der Waals surface area (Å²) in [7, 11) is 0. The van der Waals surface area contributed by atoms with E-state index in [1.807, 2.05) is 6.92 Å². The van der Waals surface area contributed by atoms with Crippen molar-refractivity contribution in [3.05, 3.63) is 29.9 Å². The average Bonchev–Trinajstić information content (AvgIpc) is 2.47. The lowest BCUT2D eigenvalue weighted by atomic mass is 9.85. The molecule has 1 aromatic heterocycles. The van der Waals surface area contributed by atoms with E-state index >= 15 is 0 Å². The van der Waals surface area contributed by atoms with Crippen LogP contribution in [-0.2, 0) is 0 Å². The van der Waals surface area contributed by atoms with Crippen molar-refractivity contribution in [3.8, 4) is 5.88 Å². The van der Waals surface area contributed by atoms with Crippen LogP contribution in [0.5, 0.6) is 5.88 Å². The van der Waals surface area contributed by atoms with Crippen LogP contribution in [0.1, 0.15) is 33.1 Å². The summed E-state index contributed by atoms with van der Waals surface area (Å²) >= 11 is 0. The van der Waals surface area contributed by atoms with E-state index in [-0.39, 0.29) is 11.7 Å². The van der Waals surface area contributed by atoms with Gasteiger partial charge >= 0.3 is 0 Å². The first-order chi connectivity index (χ1) is 10.1. The molecule has 0 saturated carbocycles. The second-order valence-electron chi connectivity index (χ2n) is 5.52. The van der Waals surface area contributed by atoms with Gasteiger partial charge in [-0.3, -0.25) is 0 Å². The van der Waals surface area contributed by atoms with Gasteiger partial charge in [-0.15, -0.1) is 0 Å². The highest BCUT2D eigenvalue weighted by Crippen LogP contribution is 2.27. The number of allylic oxidation sites excluding steroid dienone is 2. The largest absolute Gasteiger partial charge is 0.475 e. The second-order valence-corrected chi connectivity index (χ2v) is 5.52. The van der Waals surface area contributed by atoms with Crippen molar-refractivity contribution in [3.63, 3.8) is 0 Å². The molecule has 1 aromatic rings. The third kappa shape index (κ3) is 4.16. The lowest BCUT2D eigenvalue weighted by Crippen LogP contribution is -2.22. The predicted octanol–water partition coefficient (Wildman–Crippen LogP) is 4.16. The molecule has 2 unspecified atom stereocenters. The first kappa shape index (κ1) is 15.7. The molecule has 0 radical (unpaired) electrons. The maximum Gasteiger partial charge on any atom is 0.252 e. The van der Waals surface area contributed by atoms with Gasteiger partial charge in [0.1, 0.15) is 0 Å². The number of ether oxygens (including phenoxy) is 1. The summed E-state index contributed by atoms with van der Waals surface area (Å²) in [6.45, 7) is 5.09. The highest BCUT2D eigenvalue weighted by atomic mass is 19.1. The van der Waals surface area contributed by atoms with Crippen LogP contribution in [0.25, 0.3) is 0 Å². The van der Waals surface area contributed by atoms with E-state index in [1.54, 1.807) is 0 Å². The summed E-state index contributed by atoms with van der Waals surface area (Å²) in [4.78, 5) is 3.92. The molecule has 0 amide bonds. The summed E-state index contributed by atoms with van der Waals surface area (Å²) in [6, 6.07) is 0.824. The predicted molar refractivity (Wildman–Crippen MR) is 79.5 cm³/mol. The first-order valence-electron chi connectivity index (χ1n) is 7.49. The Labute approximate surface area is 124 Å². The standard InChI is InChI=1S/C16H22F2N2O/c1-3-8-19-15-13(17)9-14(18)16(20-15)21-10-12-7-5-4-6-11(12)2/h4-5,9,11-12H,3,6-8,10H2,1-2H3,(H,19,20). The molecule has 2 atom stereocenters. The van der Waals surface area contributed by atoms with Crippen molar-refractivity contribution in [1.29, 1.82) is 0 Å². The molecule has 1 N–H and O–H groups in total. The van der Waals surface area contributed by atoms with Gasteiger partial charge in [-0.05, 0) is 31.1 Å². The SMILES string of the molecule is CCCNc1nc(OCC2CC=CCC2C)c(F)cc1F. The Hall–Kier alpha value is -1.65. The van der Waals surface area contributed by atoms with Gasteiger partial charge in [0, 0.05) is 12.6 Å². The molecule has 0 aliphatic heterocycles. The average molecular weight is 296 g/mol. The molecule has 1 aliphatic rings. The van der Waals surface area contributed by atoms with Gasteiger partial charge in [0.2, 0.25) is 0 Å². The molecule has 21 heavy (non-hydrogen) atoms. The van der Waals surface area contributed by atoms with Crippen LogP contribution in [-0.4, -0.2) is 18.1 Å². The zero-order valence-electron chi connectivity index (χ0n) is 12.5. The Kier molecular flexibility index (Phi) is 5.53. The van der Waals surface area contributed by atoms with Gasteiger partial charge in [-0.1, -0.05) is 26.0 Å². The summed E-state index contributed by atoms with van der Waals surface area (Å²) in [5, 5.41) is 2.83. The van der Waals surface area contributed by atoms with Gasteiger partial charge < -0.3 is 10.1 Å². The van der Waals surface area contributed by atoms with E-state index in [1.165, 1.54) is 0 Å². The number of anilines is 1. The third-order valence-corrected chi connectivity index (χ3v) is 3.79. The van der Waals surface area contributed by atoms with Gasteiger partial charge in [0.25, 0.3) is 5.88 Å². The molecule has 1 aliphatic carbocycles. The minimum atomic E-state index is -0.756. The van der Waals surface area contributed by atoms with Crippen LogP contribution in [0.2, 0.25) is 0 Å². The van der Waals surface area contributed by atoms with Crippen molar-refractivity contribution in [2.24, 2.45) is 11.8 Å². The quantitative estimate of drug-likeness (QED) is 0.800. The fourth-order valence-corrected chi connectivity index (χ4v) is 2.34. The van der Waals surface area contributed by atoms with Crippen molar-refractivity contribution in [2.45, 2.75) is 33.1 Å². The summed E-state index contributed by atoms with van der Waals surface area (Å²) in [5.41, 5.74) is 0. The Balaban J connectivity index is 2.03. The monoisotopic (exact) mass is 296 g/mol. The number of nitrogens with zero attached hydrogens (tertiary/aromatic N) is 1. The second kappa shape index (κ2) is 7.38. The lowest BCUT2D eigenvalue weighted by Gasteiger charge is -2.25. The number of hydrogen-bond acceptors (Lipinski definition) is 3. The van der Waals surface area contributed by atoms with Crippen molar-refractivity contribution >= 4 is 5.82 Å². The Morgan fingerprint density at radius 3 is 2.76 bits per heavy atom. The number of aromatic nitrogens is 1. The Bertz CT molecular complexity index is 505. The highest BCUT2D eigenvalue weighted by molar-refractivity contribution is 5.39. The molecule has 0 aromatic carbocycles. The van der Waals surface area contributed by atoms with Crippen LogP contribution in [0.4, 0.5) is 14.6 Å². The Morgan fingerprint density at radius 1 is 1.29 bits per heavy atom. The van der Waals surface area contributed by atoms with E-state index in [2.05, 4.69) is 29.4 Å². The van der Waals surface area contributed by atoms with Gasteiger partial charge in [-0.25, -0.2) is 8.78 Å². The molecule has 2 rings (SSSR count). The lowest BCUT2D eigenvalue weighted by molar-refractivity contribution is 0.186. The van der Waals surface area contributed by atoms with E-state index in [0.717, 1.165) is 25.3 Å². The first-order valence-corrected chi connectivity index (χ1v) is 7.49. The number of pyridine rings is 1. The Morgan fingerprint density at radius 2 is 2.05 bits per heavy atom. The third-order valence-electron chi connectivity index (χ3n) is 3.79. The van der Waals surface area contributed by atoms with Crippen LogP contribution < -0.4 is 10.1 Å². The number of rotatable bonds is 6. The zero-order chi connectivity index (χ0) is 15.2. The minimum Gasteiger partial charge on any atom is -0.475 e. The van der Waals surface area contributed by atoms with Crippen molar-refractivity contribution < 1.29 is 13.5 Å². The van der Waals surface area contributed by atoms with Crippen LogP contribution in [0, 0.1) is 23.5 Å². The van der Waals surface area contributed by atoms with Crippen molar-refractivity contribution in [1.82, 2.24) is 4.98 Å². The number of hydrogen-bond donors (Lipinski definition) is 1. The molecule has 0 spiro atoms. The van der Waals surface area contributed by atoms with Crippen LogP contribution in [0.3, 0.4) is 0 Å². The molecule has 0 bridgehead atoms. The summed E-state index contributed by atoms with van der Waals surface area (Å²) < 4.78 is 32.8.